The van der Waals surface area contributed by atoms with E-state index < -0.39 is 0 Å². The van der Waals surface area contributed by atoms with Crippen LogP contribution in [0.25, 0.3) is 10.9 Å². The van der Waals surface area contributed by atoms with E-state index in [-0.39, 0.29) is 30.4 Å². The van der Waals surface area contributed by atoms with Crippen molar-refractivity contribution in [1.29, 1.82) is 0 Å². The largest absolute Gasteiger partial charge is 0.357 e. The van der Waals surface area contributed by atoms with E-state index >= 15 is 0 Å². The predicted molar refractivity (Wildman–Crippen MR) is 145 cm³/mol. The number of piperidine rings is 1. The minimum absolute atomic E-state index is 0.00773. The van der Waals surface area contributed by atoms with Crippen molar-refractivity contribution in [2.75, 3.05) is 13.1 Å². The number of likely N-dealkylation sites (tertiary alicyclic amines) is 1. The maximum Gasteiger partial charge on any atom is 0.240 e. The third kappa shape index (κ3) is 6.24. The number of carbonyl (C=O) groups is 2. The highest BCUT2D eigenvalue weighted by molar-refractivity contribution is 5.88. The summed E-state index contributed by atoms with van der Waals surface area (Å²) in [6.45, 7) is 1.16. The highest BCUT2D eigenvalue weighted by Gasteiger charge is 2.36. The van der Waals surface area contributed by atoms with E-state index in [1.54, 1.807) is 17.3 Å². The molecular weight excluding hydrogens is 462 g/mol. The van der Waals surface area contributed by atoms with Gasteiger partial charge in [-0.15, -0.1) is 0 Å². The van der Waals surface area contributed by atoms with Crippen molar-refractivity contribution in [2.45, 2.75) is 44.3 Å². The molecule has 1 aliphatic heterocycles. The first-order valence-corrected chi connectivity index (χ1v) is 13.0. The number of fused-ring (bicyclic) bond motifs is 1. The third-order valence-corrected chi connectivity index (χ3v) is 7.01. The molecule has 5 rings (SSSR count). The van der Waals surface area contributed by atoms with Crippen LogP contribution in [-0.2, 0) is 22.6 Å². The fraction of sp³-hybridized carbons (Fsp3) is 0.300. The molecule has 0 bridgehead atoms. The average Bonchev–Trinajstić information content (AvgIpc) is 3.36. The number of carbonyl (C=O) groups excluding carboxylic acids is 2. The van der Waals surface area contributed by atoms with Crippen molar-refractivity contribution in [1.82, 2.24) is 25.5 Å². The van der Waals surface area contributed by atoms with E-state index in [0.717, 1.165) is 54.4 Å². The Balaban J connectivity index is 1.20. The zero-order valence-corrected chi connectivity index (χ0v) is 20.9. The van der Waals surface area contributed by atoms with Crippen LogP contribution in [0.4, 0.5) is 0 Å². The molecule has 1 aliphatic rings. The van der Waals surface area contributed by atoms with Gasteiger partial charge in [-0.2, -0.15) is 0 Å². The summed E-state index contributed by atoms with van der Waals surface area (Å²) in [5.41, 5.74) is 4.25. The molecule has 0 aliphatic carbocycles. The molecule has 2 atom stereocenters. The van der Waals surface area contributed by atoms with Gasteiger partial charge in [-0.3, -0.25) is 14.6 Å². The van der Waals surface area contributed by atoms with Crippen LogP contribution in [0, 0.1) is 0 Å². The molecule has 0 spiro atoms. The number of aromatic nitrogens is 2. The topological polar surface area (TPSA) is 90.1 Å². The zero-order valence-electron chi connectivity index (χ0n) is 20.9. The first-order valence-electron chi connectivity index (χ1n) is 13.0. The molecule has 7 nitrogen and oxygen atoms in total. The number of nitrogens with zero attached hydrogens (tertiary/aromatic N) is 2. The number of pyridine rings is 1. The van der Waals surface area contributed by atoms with E-state index in [2.05, 4.69) is 44.9 Å². The molecule has 0 unspecified atom stereocenters. The molecule has 3 heterocycles. The fourth-order valence-corrected chi connectivity index (χ4v) is 5.10. The van der Waals surface area contributed by atoms with Crippen LogP contribution in [0.3, 0.4) is 0 Å². The number of benzene rings is 2. The van der Waals surface area contributed by atoms with Crippen LogP contribution in [0.2, 0.25) is 0 Å². The summed E-state index contributed by atoms with van der Waals surface area (Å²) in [5, 5.41) is 7.44. The molecular formula is C30H33N5O2. The Bertz CT molecular complexity index is 1290. The summed E-state index contributed by atoms with van der Waals surface area (Å²) in [6, 6.07) is 23.9. The van der Waals surface area contributed by atoms with E-state index in [1.807, 2.05) is 48.5 Å². The Hall–Kier alpha value is -3.97. The Morgan fingerprint density at radius 2 is 1.81 bits per heavy atom. The second kappa shape index (κ2) is 11.8. The number of hydrogen-bond donors (Lipinski definition) is 3. The average molecular weight is 496 g/mol. The summed E-state index contributed by atoms with van der Waals surface area (Å²) in [5.74, 6) is -0.178. The Kier molecular flexibility index (Phi) is 7.91. The van der Waals surface area contributed by atoms with Crippen molar-refractivity contribution in [3.8, 4) is 0 Å². The second-order valence-electron chi connectivity index (χ2n) is 9.60. The number of nitrogens with one attached hydrogen (secondary N) is 3. The molecule has 3 N–H and O–H groups in total. The van der Waals surface area contributed by atoms with Crippen molar-refractivity contribution >= 4 is 22.7 Å². The Morgan fingerprint density at radius 1 is 1.03 bits per heavy atom. The van der Waals surface area contributed by atoms with Crippen molar-refractivity contribution < 1.29 is 9.59 Å². The molecule has 0 saturated carbocycles. The van der Waals surface area contributed by atoms with E-state index in [0.29, 0.717) is 6.54 Å². The number of H-pyrrole nitrogens is 1. The summed E-state index contributed by atoms with van der Waals surface area (Å²) in [7, 11) is 0. The lowest BCUT2D eigenvalue weighted by Gasteiger charge is -2.39. The van der Waals surface area contributed by atoms with Crippen molar-refractivity contribution in [3.63, 3.8) is 0 Å². The number of aromatic amines is 1. The predicted octanol–water partition coefficient (Wildman–Crippen LogP) is 4.13. The zero-order chi connectivity index (χ0) is 25.5. The van der Waals surface area contributed by atoms with Gasteiger partial charge >= 0.3 is 0 Å². The smallest absolute Gasteiger partial charge is 0.240 e. The van der Waals surface area contributed by atoms with Crippen LogP contribution in [0.15, 0.2) is 85.2 Å². The molecule has 0 radical (unpaired) electrons. The van der Waals surface area contributed by atoms with Gasteiger partial charge in [0.2, 0.25) is 11.8 Å². The lowest BCUT2D eigenvalue weighted by molar-refractivity contribution is -0.143. The highest BCUT2D eigenvalue weighted by Crippen LogP contribution is 2.31. The summed E-state index contributed by atoms with van der Waals surface area (Å²) in [6.07, 6.45) is 7.02. The first-order chi connectivity index (χ1) is 18.2. The molecule has 7 heteroatoms. The van der Waals surface area contributed by atoms with Crippen LogP contribution >= 0.6 is 0 Å². The van der Waals surface area contributed by atoms with Gasteiger partial charge in [-0.1, -0.05) is 60.7 Å². The molecule has 190 valence electrons. The van der Waals surface area contributed by atoms with Gasteiger partial charge in [0.1, 0.15) is 6.54 Å². The molecule has 1 saturated heterocycles. The number of amides is 2. The van der Waals surface area contributed by atoms with E-state index in [4.69, 9.17) is 0 Å². The standard InChI is InChI=1S/C30H33N5O2/c36-29(33-20-25-18-24-19-31-17-15-26(24)34-25)21-35-28(23-11-5-2-6-12-23)14-13-27(30(35)37)32-16-7-10-22-8-3-1-4-9-22/h1-6,8-9,11-12,15,17-19,27-28,32,34H,7,10,13-14,16,20-21H2,(H,33,36)/t27-,28-/m0/s1. The summed E-state index contributed by atoms with van der Waals surface area (Å²) in [4.78, 5) is 35.7. The Morgan fingerprint density at radius 3 is 2.59 bits per heavy atom. The fourth-order valence-electron chi connectivity index (χ4n) is 5.10. The number of aryl methyl sites for hydroxylation is 1. The van der Waals surface area contributed by atoms with E-state index in [9.17, 15) is 9.59 Å². The minimum Gasteiger partial charge on any atom is -0.357 e. The first kappa shape index (κ1) is 24.7. The van der Waals surface area contributed by atoms with Crippen molar-refractivity contribution in [3.05, 3.63) is 102 Å². The second-order valence-corrected chi connectivity index (χ2v) is 9.60. The number of rotatable bonds is 10. The summed E-state index contributed by atoms with van der Waals surface area (Å²) < 4.78 is 0. The van der Waals surface area contributed by atoms with Gasteiger partial charge in [0.05, 0.1) is 18.6 Å². The summed E-state index contributed by atoms with van der Waals surface area (Å²) >= 11 is 0. The molecule has 2 aromatic heterocycles. The monoisotopic (exact) mass is 495 g/mol. The van der Waals surface area contributed by atoms with Crippen molar-refractivity contribution in [2.24, 2.45) is 0 Å². The van der Waals surface area contributed by atoms with Gasteiger partial charge in [0.25, 0.3) is 0 Å². The van der Waals surface area contributed by atoms with E-state index in [1.165, 1.54) is 5.56 Å². The highest BCUT2D eigenvalue weighted by atomic mass is 16.2. The Labute approximate surface area is 217 Å². The molecule has 1 fully saturated rings. The molecule has 4 aromatic rings. The van der Waals surface area contributed by atoms with Crippen LogP contribution in [0.5, 0.6) is 0 Å². The number of hydrogen-bond acceptors (Lipinski definition) is 4. The van der Waals surface area contributed by atoms with Gasteiger partial charge in [0, 0.05) is 29.0 Å². The van der Waals surface area contributed by atoms with Crippen LogP contribution in [-0.4, -0.2) is 45.8 Å². The SMILES string of the molecule is O=C(CN1C(=O)[C@@H](NCCCc2ccccc2)CC[C@H]1c1ccccc1)NCc1cc2cnccc2[nH]1. The van der Waals surface area contributed by atoms with Gasteiger partial charge in [-0.25, -0.2) is 0 Å². The maximum absolute atomic E-state index is 13.6. The van der Waals surface area contributed by atoms with Gasteiger partial charge in [0.15, 0.2) is 0 Å². The van der Waals surface area contributed by atoms with Gasteiger partial charge < -0.3 is 20.5 Å². The third-order valence-electron chi connectivity index (χ3n) is 7.01. The minimum atomic E-state index is -0.273. The lowest BCUT2D eigenvalue weighted by atomic mass is 9.92. The quantitative estimate of drug-likeness (QED) is 0.289. The molecule has 2 aromatic carbocycles. The molecule has 2 amide bonds. The lowest BCUT2D eigenvalue weighted by Crippen LogP contribution is -2.54. The normalized spacial score (nSPS) is 17.7. The van der Waals surface area contributed by atoms with Gasteiger partial charge in [-0.05, 0) is 55.5 Å². The molecule has 37 heavy (non-hydrogen) atoms. The van der Waals surface area contributed by atoms with Crippen LogP contribution < -0.4 is 10.6 Å². The maximum atomic E-state index is 13.6. The van der Waals surface area contributed by atoms with Crippen LogP contribution in [0.1, 0.15) is 42.1 Å².